The Kier molecular flexibility index (Phi) is 15.2. The molecule has 1 atom stereocenters. The molecule has 0 aliphatic heterocycles. The Balaban J connectivity index is 0.000000453. The number of amides is 1. The quantitative estimate of drug-likeness (QED) is 0.663. The molecule has 1 saturated carbocycles. The number of benzene rings is 1. The van der Waals surface area contributed by atoms with Gasteiger partial charge < -0.3 is 15.5 Å². The van der Waals surface area contributed by atoms with Gasteiger partial charge in [0.15, 0.2) is 0 Å². The molecule has 1 aromatic carbocycles. The third kappa shape index (κ3) is 16.0. The van der Waals surface area contributed by atoms with Crippen LogP contribution in [0.15, 0.2) is 30.3 Å². The summed E-state index contributed by atoms with van der Waals surface area (Å²) < 4.78 is 0. The summed E-state index contributed by atoms with van der Waals surface area (Å²) in [6.07, 6.45) is 7.89. The number of nitrogens with one attached hydrogen (secondary N) is 1. The third-order valence-corrected chi connectivity index (χ3v) is 4.15. The first kappa shape index (κ1) is 25.1. The van der Waals surface area contributed by atoms with Crippen LogP contribution in [0.3, 0.4) is 0 Å². The van der Waals surface area contributed by atoms with E-state index in [0.29, 0.717) is 6.42 Å². The Labute approximate surface area is 164 Å². The molecule has 1 fully saturated rings. The monoisotopic (exact) mass is 379 g/mol. The smallest absolute Gasteiger partial charge is 0.304 e. The van der Waals surface area contributed by atoms with E-state index in [1.807, 2.05) is 32.0 Å². The van der Waals surface area contributed by atoms with Crippen molar-refractivity contribution in [2.24, 2.45) is 11.8 Å². The number of aliphatic hydroxyl groups excluding tert-OH is 1. The first-order valence-corrected chi connectivity index (χ1v) is 9.98. The van der Waals surface area contributed by atoms with Gasteiger partial charge in [-0.25, -0.2) is 0 Å². The molecule has 1 aromatic rings. The van der Waals surface area contributed by atoms with E-state index >= 15 is 0 Å². The summed E-state index contributed by atoms with van der Waals surface area (Å²) in [7, 11) is 0. The van der Waals surface area contributed by atoms with E-state index in [2.05, 4.69) is 24.4 Å². The van der Waals surface area contributed by atoms with E-state index in [9.17, 15) is 9.59 Å². The van der Waals surface area contributed by atoms with Crippen molar-refractivity contribution in [2.45, 2.75) is 65.7 Å². The molecule has 0 unspecified atom stereocenters. The van der Waals surface area contributed by atoms with Gasteiger partial charge in [-0.1, -0.05) is 81.8 Å². The van der Waals surface area contributed by atoms with Gasteiger partial charge in [0.1, 0.15) is 0 Å². The fraction of sp³-hybridized carbons (Fsp3) is 0.636. The molecule has 154 valence electrons. The van der Waals surface area contributed by atoms with Gasteiger partial charge >= 0.3 is 5.97 Å². The van der Waals surface area contributed by atoms with Crippen molar-refractivity contribution >= 4 is 11.9 Å². The van der Waals surface area contributed by atoms with Crippen molar-refractivity contribution < 1.29 is 19.8 Å². The molecular weight excluding hydrogens is 342 g/mol. The molecule has 0 radical (unpaired) electrons. The molecule has 0 spiro atoms. The highest BCUT2D eigenvalue weighted by Gasteiger charge is 2.22. The van der Waals surface area contributed by atoms with Crippen molar-refractivity contribution in [1.29, 1.82) is 0 Å². The number of aliphatic carboxylic acids is 1. The second-order valence-electron chi connectivity index (χ2n) is 7.36. The molecule has 27 heavy (non-hydrogen) atoms. The molecule has 5 nitrogen and oxygen atoms in total. The van der Waals surface area contributed by atoms with Crippen molar-refractivity contribution in [3.63, 3.8) is 0 Å². The Morgan fingerprint density at radius 3 is 1.89 bits per heavy atom. The maximum absolute atomic E-state index is 11.5. The minimum Gasteiger partial charge on any atom is -0.481 e. The number of carboxylic acid groups (broad SMARTS) is 1. The SMILES string of the molecule is C1CCCC1.CC(C)C[C@H](CC(=O)O)C(=O)NCCO.Cc1ccccc1. The number of carbonyl (C=O) groups excluding carboxylic acids is 1. The Morgan fingerprint density at radius 1 is 1.04 bits per heavy atom. The van der Waals surface area contributed by atoms with Crippen LogP contribution < -0.4 is 5.32 Å². The number of carboxylic acids is 1. The van der Waals surface area contributed by atoms with Crippen LogP contribution in [0, 0.1) is 18.8 Å². The second-order valence-corrected chi connectivity index (χ2v) is 7.36. The molecule has 5 heteroatoms. The number of rotatable bonds is 7. The van der Waals surface area contributed by atoms with E-state index in [0.717, 1.165) is 0 Å². The third-order valence-electron chi connectivity index (χ3n) is 4.15. The first-order chi connectivity index (χ1) is 12.9. The molecule has 2 rings (SSSR count). The minimum atomic E-state index is -0.972. The number of aryl methyl sites for hydroxylation is 1. The van der Waals surface area contributed by atoms with E-state index < -0.39 is 11.9 Å². The molecule has 1 aliphatic carbocycles. The fourth-order valence-corrected chi connectivity index (χ4v) is 2.80. The summed E-state index contributed by atoms with van der Waals surface area (Å²) in [5.74, 6) is -1.50. The maximum atomic E-state index is 11.5. The zero-order valence-electron chi connectivity index (χ0n) is 17.1. The predicted molar refractivity (Wildman–Crippen MR) is 110 cm³/mol. The number of aliphatic hydroxyl groups is 1. The minimum absolute atomic E-state index is 0.132. The molecule has 0 saturated heterocycles. The van der Waals surface area contributed by atoms with Crippen LogP contribution >= 0.6 is 0 Å². The highest BCUT2D eigenvalue weighted by atomic mass is 16.4. The van der Waals surface area contributed by atoms with Crippen molar-refractivity contribution in [3.8, 4) is 0 Å². The van der Waals surface area contributed by atoms with Gasteiger partial charge in [-0.3, -0.25) is 9.59 Å². The standard InChI is InChI=1S/C10H19NO4.C7H8.C5H10/c1-7(2)5-8(6-9(13)14)10(15)11-3-4-12;1-7-5-3-2-4-6-7;1-2-4-5-3-1/h7-8,12H,3-6H2,1-2H3,(H,11,15)(H,13,14);2-6H,1H3;1-5H2/t8-;;/m1../s1. The van der Waals surface area contributed by atoms with Crippen molar-refractivity contribution in [2.75, 3.05) is 13.2 Å². The van der Waals surface area contributed by atoms with Crippen LogP contribution in [-0.4, -0.2) is 35.2 Å². The molecule has 0 heterocycles. The van der Waals surface area contributed by atoms with Crippen LogP contribution in [0.1, 0.15) is 64.4 Å². The lowest BCUT2D eigenvalue weighted by Gasteiger charge is -2.16. The van der Waals surface area contributed by atoms with Gasteiger partial charge in [-0.2, -0.15) is 0 Å². The highest BCUT2D eigenvalue weighted by Crippen LogP contribution is 2.16. The zero-order valence-corrected chi connectivity index (χ0v) is 17.1. The summed E-state index contributed by atoms with van der Waals surface area (Å²) in [6.45, 7) is 6.00. The van der Waals surface area contributed by atoms with Crippen LogP contribution in [0.5, 0.6) is 0 Å². The molecule has 0 bridgehead atoms. The lowest BCUT2D eigenvalue weighted by molar-refractivity contribution is -0.141. The van der Waals surface area contributed by atoms with Gasteiger partial charge in [0.2, 0.25) is 5.91 Å². The molecular formula is C22H37NO4. The van der Waals surface area contributed by atoms with E-state index in [4.69, 9.17) is 10.2 Å². The zero-order chi connectivity index (χ0) is 20.5. The summed E-state index contributed by atoms with van der Waals surface area (Å²) in [6, 6.07) is 10.3. The number of carbonyl (C=O) groups is 2. The van der Waals surface area contributed by atoms with Gasteiger partial charge in [0.25, 0.3) is 0 Å². The average molecular weight is 380 g/mol. The Hall–Kier alpha value is -1.88. The highest BCUT2D eigenvalue weighted by molar-refractivity contribution is 5.83. The molecule has 1 aliphatic rings. The molecule has 0 aromatic heterocycles. The second kappa shape index (κ2) is 16.3. The van der Waals surface area contributed by atoms with Crippen LogP contribution in [0.25, 0.3) is 0 Å². The fourth-order valence-electron chi connectivity index (χ4n) is 2.80. The Bertz CT molecular complexity index is 491. The van der Waals surface area contributed by atoms with Gasteiger partial charge in [0.05, 0.1) is 13.0 Å². The summed E-state index contributed by atoms with van der Waals surface area (Å²) in [5.41, 5.74) is 1.32. The first-order valence-electron chi connectivity index (χ1n) is 9.98. The molecule has 1 amide bonds. The van der Waals surface area contributed by atoms with Crippen LogP contribution in [-0.2, 0) is 9.59 Å². The van der Waals surface area contributed by atoms with Crippen molar-refractivity contribution in [3.05, 3.63) is 35.9 Å². The van der Waals surface area contributed by atoms with Gasteiger partial charge in [-0.05, 0) is 19.3 Å². The maximum Gasteiger partial charge on any atom is 0.304 e. The van der Waals surface area contributed by atoms with E-state index in [-0.39, 0.29) is 31.4 Å². The number of hydrogen-bond donors (Lipinski definition) is 3. The largest absolute Gasteiger partial charge is 0.481 e. The van der Waals surface area contributed by atoms with E-state index in [1.54, 1.807) is 0 Å². The normalized spacial score (nSPS) is 13.7. The summed E-state index contributed by atoms with van der Waals surface area (Å²) >= 11 is 0. The summed E-state index contributed by atoms with van der Waals surface area (Å²) in [5, 5.41) is 19.7. The van der Waals surface area contributed by atoms with Gasteiger partial charge in [0, 0.05) is 12.5 Å². The topological polar surface area (TPSA) is 86.6 Å². The number of hydrogen-bond acceptors (Lipinski definition) is 3. The van der Waals surface area contributed by atoms with Gasteiger partial charge in [-0.15, -0.1) is 0 Å². The van der Waals surface area contributed by atoms with Crippen LogP contribution in [0.4, 0.5) is 0 Å². The Morgan fingerprint density at radius 2 is 1.56 bits per heavy atom. The predicted octanol–water partition coefficient (Wildman–Crippen LogP) is 4.18. The summed E-state index contributed by atoms with van der Waals surface area (Å²) in [4.78, 5) is 22.0. The lowest BCUT2D eigenvalue weighted by Crippen LogP contribution is -2.34. The molecule has 3 N–H and O–H groups in total. The van der Waals surface area contributed by atoms with Crippen molar-refractivity contribution in [1.82, 2.24) is 5.32 Å². The average Bonchev–Trinajstić information content (AvgIpc) is 3.19. The lowest BCUT2D eigenvalue weighted by atomic mass is 9.93. The van der Waals surface area contributed by atoms with Crippen LogP contribution in [0.2, 0.25) is 0 Å². The van der Waals surface area contributed by atoms with E-state index in [1.165, 1.54) is 37.7 Å².